The summed E-state index contributed by atoms with van der Waals surface area (Å²) >= 11 is 2.24. The number of methoxy groups -OCH3 is 1. The van der Waals surface area contributed by atoms with Crippen LogP contribution in [0, 0.1) is 3.57 Å². The number of nitrogens with two attached hydrogens (primary N) is 1. The molecule has 0 unspecified atom stereocenters. The molecule has 1 heterocycles. The van der Waals surface area contributed by atoms with Gasteiger partial charge < -0.3 is 15.4 Å². The van der Waals surface area contributed by atoms with Crippen molar-refractivity contribution in [2.75, 3.05) is 12.8 Å². The Bertz CT molecular complexity index is 683. The van der Waals surface area contributed by atoms with Gasteiger partial charge in [0.15, 0.2) is 0 Å². The van der Waals surface area contributed by atoms with Crippen LogP contribution in [0.1, 0.15) is 11.1 Å². The lowest BCUT2D eigenvalue weighted by Gasteiger charge is -2.25. The van der Waals surface area contributed by atoms with E-state index in [0.29, 0.717) is 0 Å². The van der Waals surface area contributed by atoms with E-state index in [1.807, 2.05) is 30.6 Å². The molecule has 108 valence electrons. The standard InChI is InChI=1S/C16H16IN3O/c1-21-13-4-2-11(3-5-13)8-20-9-12-6-15(18)14(17)7-16(12)19-10-20/h2-7,10H,8-9,18H2,1H3. The van der Waals surface area contributed by atoms with Gasteiger partial charge >= 0.3 is 0 Å². The minimum absolute atomic E-state index is 0.816. The molecule has 0 fully saturated rings. The summed E-state index contributed by atoms with van der Waals surface area (Å²) in [6.45, 7) is 1.64. The first-order valence-corrected chi connectivity index (χ1v) is 7.72. The van der Waals surface area contributed by atoms with Crippen LogP contribution in [-0.2, 0) is 13.1 Å². The van der Waals surface area contributed by atoms with Gasteiger partial charge in [-0.2, -0.15) is 0 Å². The Morgan fingerprint density at radius 2 is 2.05 bits per heavy atom. The van der Waals surface area contributed by atoms with Crippen LogP contribution in [0.3, 0.4) is 0 Å². The largest absolute Gasteiger partial charge is 0.497 e. The van der Waals surface area contributed by atoms with Crippen molar-refractivity contribution >= 4 is 40.3 Å². The zero-order chi connectivity index (χ0) is 14.8. The molecular weight excluding hydrogens is 377 g/mol. The van der Waals surface area contributed by atoms with E-state index in [1.54, 1.807) is 7.11 Å². The van der Waals surface area contributed by atoms with Crippen LogP contribution in [-0.4, -0.2) is 18.3 Å². The highest BCUT2D eigenvalue weighted by Crippen LogP contribution is 2.30. The van der Waals surface area contributed by atoms with E-state index >= 15 is 0 Å². The first-order chi connectivity index (χ1) is 10.2. The molecule has 0 aliphatic carbocycles. The summed E-state index contributed by atoms with van der Waals surface area (Å²) in [5, 5.41) is 0. The summed E-state index contributed by atoms with van der Waals surface area (Å²) in [5.74, 6) is 0.874. The number of hydrogen-bond acceptors (Lipinski definition) is 4. The average molecular weight is 393 g/mol. The zero-order valence-electron chi connectivity index (χ0n) is 11.7. The van der Waals surface area contributed by atoms with Gasteiger partial charge in [0.1, 0.15) is 5.75 Å². The third-order valence-electron chi connectivity index (χ3n) is 3.48. The molecule has 0 atom stereocenters. The number of benzene rings is 2. The van der Waals surface area contributed by atoms with Crippen molar-refractivity contribution in [1.82, 2.24) is 4.90 Å². The van der Waals surface area contributed by atoms with Crippen molar-refractivity contribution in [3.8, 4) is 5.75 Å². The lowest BCUT2D eigenvalue weighted by Crippen LogP contribution is -2.23. The minimum atomic E-state index is 0.816. The predicted molar refractivity (Wildman–Crippen MR) is 94.0 cm³/mol. The highest BCUT2D eigenvalue weighted by Gasteiger charge is 2.14. The second-order valence-corrected chi connectivity index (χ2v) is 6.16. The first kappa shape index (κ1) is 14.2. The fourth-order valence-electron chi connectivity index (χ4n) is 2.34. The first-order valence-electron chi connectivity index (χ1n) is 6.65. The summed E-state index contributed by atoms with van der Waals surface area (Å²) < 4.78 is 6.22. The van der Waals surface area contributed by atoms with Gasteiger partial charge in [0.05, 0.1) is 19.1 Å². The Balaban J connectivity index is 1.75. The van der Waals surface area contributed by atoms with Gasteiger partial charge in [0.2, 0.25) is 0 Å². The van der Waals surface area contributed by atoms with Crippen LogP contribution in [0.4, 0.5) is 11.4 Å². The van der Waals surface area contributed by atoms with Crippen LogP contribution in [0.15, 0.2) is 41.4 Å². The van der Waals surface area contributed by atoms with Gasteiger partial charge in [-0.05, 0) is 58.0 Å². The zero-order valence-corrected chi connectivity index (χ0v) is 13.9. The number of halogens is 1. The van der Waals surface area contributed by atoms with Crippen LogP contribution in [0.5, 0.6) is 5.75 Å². The SMILES string of the molecule is COc1ccc(CN2C=Nc3cc(I)c(N)cc3C2)cc1. The highest BCUT2D eigenvalue weighted by molar-refractivity contribution is 14.1. The lowest BCUT2D eigenvalue weighted by atomic mass is 10.1. The molecule has 0 bridgehead atoms. The highest BCUT2D eigenvalue weighted by atomic mass is 127. The molecule has 0 radical (unpaired) electrons. The van der Waals surface area contributed by atoms with E-state index in [9.17, 15) is 0 Å². The Morgan fingerprint density at radius 1 is 1.29 bits per heavy atom. The lowest BCUT2D eigenvalue weighted by molar-refractivity contribution is 0.408. The molecule has 1 aliphatic rings. The summed E-state index contributed by atoms with van der Waals surface area (Å²) in [7, 11) is 1.68. The smallest absolute Gasteiger partial charge is 0.118 e. The van der Waals surface area contributed by atoms with Crippen molar-refractivity contribution in [3.63, 3.8) is 0 Å². The second-order valence-electron chi connectivity index (χ2n) is 5.00. The normalized spacial score (nSPS) is 13.1. The molecule has 0 aromatic heterocycles. The second kappa shape index (κ2) is 5.93. The Labute approximate surface area is 137 Å². The quantitative estimate of drug-likeness (QED) is 0.641. The molecule has 2 N–H and O–H groups in total. The Morgan fingerprint density at radius 3 is 2.76 bits per heavy atom. The Hall–Kier alpha value is -1.76. The van der Waals surface area contributed by atoms with E-state index in [-0.39, 0.29) is 0 Å². The molecule has 2 aromatic carbocycles. The molecule has 1 aliphatic heterocycles. The molecule has 5 heteroatoms. The number of aliphatic imine (C=N–C) groups is 1. The minimum Gasteiger partial charge on any atom is -0.497 e. The summed E-state index contributed by atoms with van der Waals surface area (Å²) in [5.41, 5.74) is 10.2. The van der Waals surface area contributed by atoms with E-state index in [4.69, 9.17) is 10.5 Å². The number of nitrogens with zero attached hydrogens (tertiary/aromatic N) is 2. The molecule has 0 saturated heterocycles. The van der Waals surface area contributed by atoms with E-state index < -0.39 is 0 Å². The van der Waals surface area contributed by atoms with Gasteiger partial charge in [-0.3, -0.25) is 0 Å². The number of nitrogen functional groups attached to an aromatic ring is 1. The average Bonchev–Trinajstić information content (AvgIpc) is 2.49. The molecule has 4 nitrogen and oxygen atoms in total. The van der Waals surface area contributed by atoms with Gasteiger partial charge in [0, 0.05) is 22.3 Å². The predicted octanol–water partition coefficient (Wildman–Crippen LogP) is 3.56. The molecular formula is C16H16IN3O. The molecule has 21 heavy (non-hydrogen) atoms. The van der Waals surface area contributed by atoms with Crippen molar-refractivity contribution in [2.24, 2.45) is 4.99 Å². The van der Waals surface area contributed by atoms with Crippen LogP contribution in [0.2, 0.25) is 0 Å². The molecule has 0 spiro atoms. The Kier molecular flexibility index (Phi) is 4.01. The van der Waals surface area contributed by atoms with Crippen LogP contribution >= 0.6 is 22.6 Å². The molecule has 2 aromatic rings. The fraction of sp³-hybridized carbons (Fsp3) is 0.188. The van der Waals surface area contributed by atoms with Gasteiger partial charge in [-0.1, -0.05) is 12.1 Å². The van der Waals surface area contributed by atoms with E-state index in [2.05, 4.69) is 44.6 Å². The molecule has 3 rings (SSSR count). The number of fused-ring (bicyclic) bond motifs is 1. The maximum atomic E-state index is 5.98. The van der Waals surface area contributed by atoms with Crippen LogP contribution in [0.25, 0.3) is 0 Å². The van der Waals surface area contributed by atoms with E-state index in [0.717, 1.165) is 33.8 Å². The summed E-state index contributed by atoms with van der Waals surface area (Å²) in [6, 6.07) is 12.2. The van der Waals surface area contributed by atoms with Gasteiger partial charge in [0.25, 0.3) is 0 Å². The maximum absolute atomic E-state index is 5.98. The molecule has 0 amide bonds. The monoisotopic (exact) mass is 393 g/mol. The van der Waals surface area contributed by atoms with Crippen molar-refractivity contribution in [2.45, 2.75) is 13.1 Å². The van der Waals surface area contributed by atoms with Crippen LogP contribution < -0.4 is 10.5 Å². The number of anilines is 1. The van der Waals surface area contributed by atoms with Crippen molar-refractivity contribution in [1.29, 1.82) is 0 Å². The fourth-order valence-corrected chi connectivity index (χ4v) is 2.79. The maximum Gasteiger partial charge on any atom is 0.118 e. The summed E-state index contributed by atoms with van der Waals surface area (Å²) in [6.07, 6.45) is 1.90. The summed E-state index contributed by atoms with van der Waals surface area (Å²) in [4.78, 5) is 6.70. The van der Waals surface area contributed by atoms with Crippen molar-refractivity contribution in [3.05, 3.63) is 51.1 Å². The van der Waals surface area contributed by atoms with E-state index in [1.165, 1.54) is 11.1 Å². The van der Waals surface area contributed by atoms with Gasteiger partial charge in [-0.25, -0.2) is 4.99 Å². The topological polar surface area (TPSA) is 50.8 Å². The third kappa shape index (κ3) is 3.12. The third-order valence-corrected chi connectivity index (χ3v) is 4.41. The molecule has 0 saturated carbocycles. The van der Waals surface area contributed by atoms with Gasteiger partial charge in [-0.15, -0.1) is 0 Å². The van der Waals surface area contributed by atoms with Crippen molar-refractivity contribution < 1.29 is 4.74 Å². The number of rotatable bonds is 3. The number of hydrogen-bond donors (Lipinski definition) is 1. The number of ether oxygens (including phenoxy) is 1.